The molecule has 3 aromatic rings. The fraction of sp³-hybridized carbons (Fsp3) is 0.345. The maximum atomic E-state index is 13.4. The molecular formula is C29H33ClN4O. The van der Waals surface area contributed by atoms with Crippen molar-refractivity contribution in [2.45, 2.75) is 13.5 Å². The van der Waals surface area contributed by atoms with Crippen LogP contribution in [0.1, 0.15) is 21.5 Å². The van der Waals surface area contributed by atoms with Crippen LogP contribution < -0.4 is 9.80 Å². The van der Waals surface area contributed by atoms with Crippen LogP contribution in [-0.4, -0.2) is 68.1 Å². The molecule has 3 aromatic carbocycles. The van der Waals surface area contributed by atoms with E-state index in [2.05, 4.69) is 58.0 Å². The molecule has 0 unspecified atom stereocenters. The molecule has 0 aliphatic carbocycles. The zero-order chi connectivity index (χ0) is 24.2. The van der Waals surface area contributed by atoms with E-state index in [4.69, 9.17) is 11.6 Å². The zero-order valence-electron chi connectivity index (χ0n) is 20.4. The number of nitrogens with zero attached hydrogens (tertiary/aromatic N) is 4. The third kappa shape index (κ3) is 5.31. The van der Waals surface area contributed by atoms with Gasteiger partial charge in [-0.05, 0) is 48.4 Å². The van der Waals surface area contributed by atoms with Gasteiger partial charge >= 0.3 is 0 Å². The first kappa shape index (κ1) is 23.7. The van der Waals surface area contributed by atoms with E-state index >= 15 is 0 Å². The molecule has 0 aromatic heterocycles. The maximum Gasteiger partial charge on any atom is 0.254 e. The van der Waals surface area contributed by atoms with E-state index in [1.54, 1.807) is 0 Å². The van der Waals surface area contributed by atoms with Crippen LogP contribution in [0.2, 0.25) is 5.02 Å². The minimum Gasteiger partial charge on any atom is -0.368 e. The summed E-state index contributed by atoms with van der Waals surface area (Å²) in [5.41, 5.74) is 5.53. The second-order valence-corrected chi connectivity index (χ2v) is 9.83. The number of benzene rings is 3. The predicted octanol–water partition coefficient (Wildman–Crippen LogP) is 4.93. The first-order valence-corrected chi connectivity index (χ1v) is 12.9. The standard InChI is InChI=1S/C29H33ClN4O/c1-23-24(22-31-14-16-33(17-15-31)28-13-6-5-12-27(28)30)8-7-11-26(23)29(35)34-20-18-32(19-21-34)25-9-3-2-4-10-25/h2-13H,14-22H2,1H3. The number of amides is 1. The van der Waals surface area contributed by atoms with Crippen molar-refractivity contribution in [3.05, 3.63) is 94.5 Å². The van der Waals surface area contributed by atoms with E-state index in [0.29, 0.717) is 0 Å². The minimum atomic E-state index is 0.153. The summed E-state index contributed by atoms with van der Waals surface area (Å²) in [5, 5.41) is 0.813. The molecule has 0 saturated carbocycles. The summed E-state index contributed by atoms with van der Waals surface area (Å²) in [4.78, 5) is 22.6. The van der Waals surface area contributed by atoms with Crippen molar-refractivity contribution in [1.29, 1.82) is 0 Å². The fourth-order valence-electron chi connectivity index (χ4n) is 5.16. The van der Waals surface area contributed by atoms with Gasteiger partial charge in [0.25, 0.3) is 5.91 Å². The number of carbonyl (C=O) groups excluding carboxylic acids is 1. The Morgan fingerprint density at radius 2 is 1.40 bits per heavy atom. The van der Waals surface area contributed by atoms with Crippen LogP contribution in [0.5, 0.6) is 0 Å². The lowest BCUT2D eigenvalue weighted by molar-refractivity contribution is 0.0746. The lowest BCUT2D eigenvalue weighted by Crippen LogP contribution is -2.49. The number of piperazine rings is 2. The van der Waals surface area contributed by atoms with E-state index in [1.807, 2.05) is 41.3 Å². The minimum absolute atomic E-state index is 0.153. The Hall–Kier alpha value is -3.02. The molecule has 2 aliphatic rings. The van der Waals surface area contributed by atoms with Crippen molar-refractivity contribution < 1.29 is 4.79 Å². The third-order valence-corrected chi connectivity index (χ3v) is 7.64. The van der Waals surface area contributed by atoms with Crippen LogP contribution in [-0.2, 0) is 6.54 Å². The molecule has 2 saturated heterocycles. The molecule has 2 fully saturated rings. The summed E-state index contributed by atoms with van der Waals surface area (Å²) in [6.45, 7) is 10.1. The second kappa shape index (κ2) is 10.7. The summed E-state index contributed by atoms with van der Waals surface area (Å²) >= 11 is 6.40. The average Bonchev–Trinajstić information content (AvgIpc) is 2.91. The Balaban J connectivity index is 1.19. The number of anilines is 2. The summed E-state index contributed by atoms with van der Waals surface area (Å²) in [5.74, 6) is 0.153. The van der Waals surface area contributed by atoms with Gasteiger partial charge < -0.3 is 14.7 Å². The highest BCUT2D eigenvalue weighted by Crippen LogP contribution is 2.27. The molecular weight excluding hydrogens is 456 g/mol. The van der Waals surface area contributed by atoms with E-state index < -0.39 is 0 Å². The van der Waals surface area contributed by atoms with Gasteiger partial charge in [0.15, 0.2) is 0 Å². The molecule has 2 heterocycles. The summed E-state index contributed by atoms with van der Waals surface area (Å²) in [6.07, 6.45) is 0. The lowest BCUT2D eigenvalue weighted by Gasteiger charge is -2.37. The molecule has 0 bridgehead atoms. The van der Waals surface area contributed by atoms with Gasteiger partial charge in [-0.3, -0.25) is 9.69 Å². The Labute approximate surface area is 213 Å². The van der Waals surface area contributed by atoms with E-state index in [9.17, 15) is 4.79 Å². The largest absolute Gasteiger partial charge is 0.368 e. The quantitative estimate of drug-likeness (QED) is 0.509. The number of para-hydroxylation sites is 2. The number of carbonyl (C=O) groups is 1. The zero-order valence-corrected chi connectivity index (χ0v) is 21.1. The number of halogens is 1. The number of hydrogen-bond donors (Lipinski definition) is 0. The molecule has 0 atom stereocenters. The summed E-state index contributed by atoms with van der Waals surface area (Å²) < 4.78 is 0. The molecule has 182 valence electrons. The van der Waals surface area contributed by atoms with Crippen LogP contribution in [0.25, 0.3) is 0 Å². The van der Waals surface area contributed by atoms with Crippen LogP contribution in [0.4, 0.5) is 11.4 Å². The Kier molecular flexibility index (Phi) is 7.26. The monoisotopic (exact) mass is 488 g/mol. The van der Waals surface area contributed by atoms with Gasteiger partial charge in [0.05, 0.1) is 10.7 Å². The van der Waals surface area contributed by atoms with Crippen molar-refractivity contribution in [2.75, 3.05) is 62.2 Å². The van der Waals surface area contributed by atoms with E-state index in [-0.39, 0.29) is 5.91 Å². The summed E-state index contributed by atoms with van der Waals surface area (Å²) in [7, 11) is 0. The van der Waals surface area contributed by atoms with Crippen LogP contribution in [0.3, 0.4) is 0 Å². The van der Waals surface area contributed by atoms with Crippen LogP contribution in [0, 0.1) is 6.92 Å². The average molecular weight is 489 g/mol. The van der Waals surface area contributed by atoms with Crippen LogP contribution >= 0.6 is 11.6 Å². The number of hydrogen-bond acceptors (Lipinski definition) is 4. The van der Waals surface area contributed by atoms with Gasteiger partial charge in [0.1, 0.15) is 0 Å². The van der Waals surface area contributed by atoms with Gasteiger partial charge in [-0.15, -0.1) is 0 Å². The van der Waals surface area contributed by atoms with Gasteiger partial charge in [0, 0.05) is 70.2 Å². The molecule has 0 radical (unpaired) electrons. The van der Waals surface area contributed by atoms with Crippen LogP contribution in [0.15, 0.2) is 72.8 Å². The topological polar surface area (TPSA) is 30.0 Å². The Morgan fingerprint density at radius 3 is 2.11 bits per heavy atom. The summed E-state index contributed by atoms with van der Waals surface area (Å²) in [6, 6.07) is 24.7. The fourth-order valence-corrected chi connectivity index (χ4v) is 5.41. The first-order valence-electron chi connectivity index (χ1n) is 12.5. The van der Waals surface area contributed by atoms with Gasteiger partial charge in [-0.25, -0.2) is 0 Å². The van der Waals surface area contributed by atoms with Crippen molar-refractivity contribution in [3.8, 4) is 0 Å². The molecule has 0 N–H and O–H groups in total. The normalized spacial score (nSPS) is 17.0. The number of rotatable bonds is 5. The Bertz CT molecular complexity index is 1150. The highest BCUT2D eigenvalue weighted by atomic mass is 35.5. The van der Waals surface area contributed by atoms with Gasteiger partial charge in [0.2, 0.25) is 0 Å². The molecule has 1 amide bonds. The second-order valence-electron chi connectivity index (χ2n) is 9.42. The first-order chi connectivity index (χ1) is 17.1. The third-order valence-electron chi connectivity index (χ3n) is 7.32. The SMILES string of the molecule is Cc1c(CN2CCN(c3ccccc3Cl)CC2)cccc1C(=O)N1CCN(c2ccccc2)CC1. The van der Waals surface area contributed by atoms with E-state index in [0.717, 1.165) is 80.7 Å². The Morgan fingerprint density at radius 1 is 0.743 bits per heavy atom. The smallest absolute Gasteiger partial charge is 0.254 e. The van der Waals surface area contributed by atoms with Crippen molar-refractivity contribution in [2.24, 2.45) is 0 Å². The predicted molar refractivity (Wildman–Crippen MR) is 145 cm³/mol. The van der Waals surface area contributed by atoms with Gasteiger partial charge in [-0.1, -0.05) is 54.1 Å². The maximum absolute atomic E-state index is 13.4. The van der Waals surface area contributed by atoms with Crippen molar-refractivity contribution in [3.63, 3.8) is 0 Å². The van der Waals surface area contributed by atoms with Crippen molar-refractivity contribution >= 4 is 28.9 Å². The molecule has 0 spiro atoms. The van der Waals surface area contributed by atoms with Gasteiger partial charge in [-0.2, -0.15) is 0 Å². The van der Waals surface area contributed by atoms with E-state index in [1.165, 1.54) is 11.3 Å². The van der Waals surface area contributed by atoms with Crippen molar-refractivity contribution in [1.82, 2.24) is 9.80 Å². The lowest BCUT2D eigenvalue weighted by atomic mass is 10.00. The molecule has 6 heteroatoms. The highest BCUT2D eigenvalue weighted by Gasteiger charge is 2.25. The highest BCUT2D eigenvalue weighted by molar-refractivity contribution is 6.33. The molecule has 5 nitrogen and oxygen atoms in total. The molecule has 35 heavy (non-hydrogen) atoms. The molecule has 2 aliphatic heterocycles. The molecule has 5 rings (SSSR count).